The number of rotatable bonds is 3. The Morgan fingerprint density at radius 3 is 2.27 bits per heavy atom. The predicted octanol–water partition coefficient (Wildman–Crippen LogP) is 4.71. The van der Waals surface area contributed by atoms with Crippen molar-refractivity contribution >= 4 is 12.6 Å². The van der Waals surface area contributed by atoms with Crippen molar-refractivity contribution < 1.29 is 0 Å². The molecule has 0 fully saturated rings. The highest BCUT2D eigenvalue weighted by Gasteiger charge is 2.33. The quantitative estimate of drug-likeness (QED) is 0.523. The summed E-state index contributed by atoms with van der Waals surface area (Å²) in [4.78, 5) is 0. The minimum absolute atomic E-state index is 0.503. The molecule has 4 atom stereocenters. The fourth-order valence-electron chi connectivity index (χ4n) is 2.69. The minimum atomic E-state index is 0.503. The Kier molecular flexibility index (Phi) is 4.76. The van der Waals surface area contributed by atoms with Crippen molar-refractivity contribution in [3.8, 4) is 0 Å². The highest BCUT2D eigenvalue weighted by molar-refractivity contribution is 7.81. The van der Waals surface area contributed by atoms with Gasteiger partial charge in [0, 0.05) is 5.25 Å². The summed E-state index contributed by atoms with van der Waals surface area (Å²) < 4.78 is 0. The molecule has 0 radical (unpaired) electrons. The molecule has 0 aromatic heterocycles. The molecule has 0 aliphatic heterocycles. The zero-order chi connectivity index (χ0) is 11.6. The average Bonchev–Trinajstić information content (AvgIpc) is 2.24. The monoisotopic (exact) mass is 226 g/mol. The summed E-state index contributed by atoms with van der Waals surface area (Å²) in [6, 6.07) is 0. The Hall–Kier alpha value is 0.0900. The first-order valence-electron chi connectivity index (χ1n) is 6.38. The van der Waals surface area contributed by atoms with Crippen molar-refractivity contribution in [1.82, 2.24) is 0 Å². The minimum Gasteiger partial charge on any atom is -0.171 e. The van der Waals surface area contributed by atoms with E-state index in [4.69, 9.17) is 12.6 Å². The molecule has 4 unspecified atom stereocenters. The fraction of sp³-hybridized carbons (Fsp3) is 0.857. The largest absolute Gasteiger partial charge is 0.171 e. The van der Waals surface area contributed by atoms with Crippen molar-refractivity contribution in [3.63, 3.8) is 0 Å². The first-order valence-corrected chi connectivity index (χ1v) is 6.89. The van der Waals surface area contributed by atoms with Gasteiger partial charge in [-0.3, -0.25) is 0 Å². The second kappa shape index (κ2) is 5.43. The molecule has 1 aliphatic carbocycles. The summed E-state index contributed by atoms with van der Waals surface area (Å²) in [5.41, 5.74) is 3.26. The summed E-state index contributed by atoms with van der Waals surface area (Å²) >= 11 is 4.83. The smallest absolute Gasteiger partial charge is 0.0257 e. The van der Waals surface area contributed by atoms with E-state index in [1.54, 1.807) is 11.1 Å². The predicted molar refractivity (Wildman–Crippen MR) is 72.5 cm³/mol. The van der Waals surface area contributed by atoms with Crippen LogP contribution in [0.15, 0.2) is 11.1 Å². The molecule has 0 aromatic rings. The molecule has 0 bridgehead atoms. The van der Waals surface area contributed by atoms with Crippen LogP contribution in [-0.2, 0) is 0 Å². The Balaban J connectivity index is 2.88. The van der Waals surface area contributed by atoms with E-state index < -0.39 is 0 Å². The molecule has 88 valence electrons. The number of thiol groups is 1. The molecule has 1 rings (SSSR count). The van der Waals surface area contributed by atoms with Gasteiger partial charge in [0.1, 0.15) is 0 Å². The lowest BCUT2D eigenvalue weighted by Crippen LogP contribution is -2.32. The SMILES string of the molecule is CCCCC1=C(C)C(C)C(C)C(C)C1S. The zero-order valence-electron chi connectivity index (χ0n) is 10.9. The van der Waals surface area contributed by atoms with Crippen LogP contribution in [0.1, 0.15) is 53.9 Å². The number of hydrogen-bond donors (Lipinski definition) is 1. The van der Waals surface area contributed by atoms with Gasteiger partial charge in [0.05, 0.1) is 0 Å². The highest BCUT2D eigenvalue weighted by Crippen LogP contribution is 2.42. The Morgan fingerprint density at radius 2 is 1.73 bits per heavy atom. The lowest BCUT2D eigenvalue weighted by Gasteiger charge is -2.39. The summed E-state index contributed by atoms with van der Waals surface area (Å²) in [5, 5.41) is 0.503. The Bertz CT molecular complexity index is 242. The third-order valence-electron chi connectivity index (χ3n) is 4.46. The van der Waals surface area contributed by atoms with Crippen LogP contribution < -0.4 is 0 Å². The molecule has 0 aromatic carbocycles. The molecule has 0 amide bonds. The maximum atomic E-state index is 4.83. The number of hydrogen-bond acceptors (Lipinski definition) is 1. The summed E-state index contributed by atoms with van der Waals surface area (Å²) in [6.07, 6.45) is 3.87. The molecular formula is C14H26S. The molecule has 15 heavy (non-hydrogen) atoms. The summed E-state index contributed by atoms with van der Waals surface area (Å²) in [7, 11) is 0. The van der Waals surface area contributed by atoms with Gasteiger partial charge in [-0.05, 0) is 37.5 Å². The van der Waals surface area contributed by atoms with Crippen LogP contribution in [-0.4, -0.2) is 5.25 Å². The molecule has 0 saturated carbocycles. The van der Waals surface area contributed by atoms with Gasteiger partial charge in [0.2, 0.25) is 0 Å². The molecule has 1 heteroatoms. The molecule has 1 aliphatic rings. The maximum Gasteiger partial charge on any atom is 0.0257 e. The standard InChI is InChI=1S/C14H26S/c1-6-7-8-13-11(4)9(2)10(3)12(5)14(13)15/h9-10,12,14-15H,6-8H2,1-5H3. The zero-order valence-corrected chi connectivity index (χ0v) is 11.8. The van der Waals surface area contributed by atoms with Gasteiger partial charge in [-0.15, -0.1) is 0 Å². The summed E-state index contributed by atoms with van der Waals surface area (Å²) in [6.45, 7) is 11.7. The topological polar surface area (TPSA) is 0 Å². The van der Waals surface area contributed by atoms with Gasteiger partial charge >= 0.3 is 0 Å². The fourth-order valence-corrected chi connectivity index (χ4v) is 3.30. The molecule has 0 spiro atoms. The highest BCUT2D eigenvalue weighted by atomic mass is 32.1. The molecule has 0 saturated heterocycles. The van der Waals surface area contributed by atoms with E-state index in [1.807, 2.05) is 0 Å². The van der Waals surface area contributed by atoms with Crippen LogP contribution in [0.25, 0.3) is 0 Å². The van der Waals surface area contributed by atoms with Crippen LogP contribution in [0.5, 0.6) is 0 Å². The van der Waals surface area contributed by atoms with E-state index in [0.29, 0.717) is 5.25 Å². The number of allylic oxidation sites excluding steroid dienone is 1. The third kappa shape index (κ3) is 2.61. The average molecular weight is 226 g/mol. The van der Waals surface area contributed by atoms with E-state index in [-0.39, 0.29) is 0 Å². The van der Waals surface area contributed by atoms with Gasteiger partial charge < -0.3 is 0 Å². The number of unbranched alkanes of at least 4 members (excludes halogenated alkanes) is 1. The third-order valence-corrected chi connectivity index (χ3v) is 5.24. The van der Waals surface area contributed by atoms with Gasteiger partial charge in [0.15, 0.2) is 0 Å². The van der Waals surface area contributed by atoms with Crippen molar-refractivity contribution in [2.24, 2.45) is 17.8 Å². The van der Waals surface area contributed by atoms with E-state index in [0.717, 1.165) is 17.8 Å². The van der Waals surface area contributed by atoms with Crippen LogP contribution >= 0.6 is 12.6 Å². The lowest BCUT2D eigenvalue weighted by molar-refractivity contribution is 0.286. The van der Waals surface area contributed by atoms with Gasteiger partial charge in [-0.1, -0.05) is 45.3 Å². The van der Waals surface area contributed by atoms with Crippen molar-refractivity contribution in [1.29, 1.82) is 0 Å². The van der Waals surface area contributed by atoms with Crippen molar-refractivity contribution in [2.75, 3.05) is 0 Å². The maximum absolute atomic E-state index is 4.83. The van der Waals surface area contributed by atoms with Crippen molar-refractivity contribution in [2.45, 2.75) is 59.1 Å². The molecule has 0 heterocycles. The van der Waals surface area contributed by atoms with Crippen LogP contribution in [0.3, 0.4) is 0 Å². The second-order valence-corrected chi connectivity index (χ2v) is 5.82. The molecule has 0 N–H and O–H groups in total. The first-order chi connectivity index (χ1) is 7.00. The van der Waals surface area contributed by atoms with Crippen LogP contribution in [0.4, 0.5) is 0 Å². The van der Waals surface area contributed by atoms with Crippen LogP contribution in [0, 0.1) is 17.8 Å². The molecular weight excluding hydrogens is 200 g/mol. The van der Waals surface area contributed by atoms with Crippen molar-refractivity contribution in [3.05, 3.63) is 11.1 Å². The van der Waals surface area contributed by atoms with E-state index in [1.165, 1.54) is 19.3 Å². The molecule has 0 nitrogen and oxygen atoms in total. The van der Waals surface area contributed by atoms with Gasteiger partial charge in [-0.25, -0.2) is 0 Å². The Morgan fingerprint density at radius 1 is 1.13 bits per heavy atom. The summed E-state index contributed by atoms with van der Waals surface area (Å²) in [5.74, 6) is 2.24. The normalized spacial score (nSPS) is 37.2. The van der Waals surface area contributed by atoms with E-state index >= 15 is 0 Å². The Labute approximate surface area is 101 Å². The first kappa shape index (κ1) is 13.2. The lowest BCUT2D eigenvalue weighted by atomic mass is 9.70. The van der Waals surface area contributed by atoms with Gasteiger partial charge in [-0.2, -0.15) is 12.6 Å². The van der Waals surface area contributed by atoms with Crippen LogP contribution in [0.2, 0.25) is 0 Å². The van der Waals surface area contributed by atoms with E-state index in [2.05, 4.69) is 34.6 Å². The van der Waals surface area contributed by atoms with Gasteiger partial charge in [0.25, 0.3) is 0 Å². The second-order valence-electron chi connectivity index (χ2n) is 5.26. The van der Waals surface area contributed by atoms with E-state index in [9.17, 15) is 0 Å².